The maximum Gasteiger partial charge on any atom is 0.293 e. The summed E-state index contributed by atoms with van der Waals surface area (Å²) in [5.41, 5.74) is 0.879. The number of carbonyl (C=O) groups excluding carboxylic acids is 3. The molecule has 2 N–H and O–H groups in total. The second-order valence-corrected chi connectivity index (χ2v) is 6.30. The molecule has 1 saturated heterocycles. The molecule has 126 valence electrons. The van der Waals surface area contributed by atoms with Crippen molar-refractivity contribution >= 4 is 34.8 Å². The molecule has 1 fully saturated rings. The van der Waals surface area contributed by atoms with Gasteiger partial charge >= 0.3 is 0 Å². The molecule has 6 nitrogen and oxygen atoms in total. The number of benzene rings is 2. The average molecular weight is 355 g/mol. The maximum atomic E-state index is 12.4. The molecule has 1 heterocycles. The van der Waals surface area contributed by atoms with Gasteiger partial charge in [-0.3, -0.25) is 19.3 Å². The van der Waals surface area contributed by atoms with E-state index in [0.717, 1.165) is 16.7 Å². The highest BCUT2D eigenvalue weighted by molar-refractivity contribution is 8.18. The van der Waals surface area contributed by atoms with Crippen LogP contribution in [0.1, 0.15) is 15.9 Å². The lowest BCUT2D eigenvalue weighted by molar-refractivity contribution is -0.122. The lowest BCUT2D eigenvalue weighted by atomic mass is 10.1. The van der Waals surface area contributed by atoms with Crippen molar-refractivity contribution in [1.29, 1.82) is 0 Å². The minimum Gasteiger partial charge on any atom is -0.504 e. The molecular weight excluding hydrogens is 342 g/mol. The Morgan fingerprint density at radius 1 is 1.04 bits per heavy atom. The number of aromatic hydroxyl groups is 2. The predicted molar refractivity (Wildman–Crippen MR) is 93.2 cm³/mol. The molecular formula is C18H13NO5S. The van der Waals surface area contributed by atoms with Crippen molar-refractivity contribution in [3.05, 3.63) is 64.6 Å². The molecule has 1 aliphatic heterocycles. The Kier molecular flexibility index (Phi) is 4.58. The number of ketones is 1. The number of carbonyl (C=O) groups is 3. The van der Waals surface area contributed by atoms with Crippen molar-refractivity contribution in [2.45, 2.75) is 0 Å². The molecule has 1 aliphatic rings. The molecule has 25 heavy (non-hydrogen) atoms. The van der Waals surface area contributed by atoms with Crippen LogP contribution in [-0.2, 0) is 4.79 Å². The van der Waals surface area contributed by atoms with Crippen LogP contribution in [0.2, 0.25) is 0 Å². The Morgan fingerprint density at radius 2 is 1.76 bits per heavy atom. The van der Waals surface area contributed by atoms with E-state index in [1.165, 1.54) is 24.3 Å². The summed E-state index contributed by atoms with van der Waals surface area (Å²) in [6.07, 6.45) is 1.43. The first-order valence-electron chi connectivity index (χ1n) is 7.31. The summed E-state index contributed by atoms with van der Waals surface area (Å²) in [7, 11) is 0. The second kappa shape index (κ2) is 6.82. The first kappa shape index (κ1) is 16.8. The van der Waals surface area contributed by atoms with Crippen molar-refractivity contribution in [2.75, 3.05) is 6.54 Å². The summed E-state index contributed by atoms with van der Waals surface area (Å²) in [6.45, 7) is -0.327. The highest BCUT2D eigenvalue weighted by Gasteiger charge is 2.36. The van der Waals surface area contributed by atoms with E-state index in [4.69, 9.17) is 0 Å². The normalized spacial score (nSPS) is 15.8. The monoisotopic (exact) mass is 355 g/mol. The number of phenols is 2. The molecule has 2 aromatic carbocycles. The average Bonchev–Trinajstić information content (AvgIpc) is 2.86. The van der Waals surface area contributed by atoms with Gasteiger partial charge in [-0.05, 0) is 35.5 Å². The molecule has 0 spiro atoms. The maximum absolute atomic E-state index is 12.4. The van der Waals surface area contributed by atoms with E-state index in [9.17, 15) is 24.6 Å². The number of phenolic OH excluding ortho intramolecular Hbond substituents is 2. The van der Waals surface area contributed by atoms with Gasteiger partial charge in [0, 0.05) is 5.56 Å². The van der Waals surface area contributed by atoms with E-state index in [2.05, 4.69) is 0 Å². The van der Waals surface area contributed by atoms with Crippen LogP contribution in [0.25, 0.3) is 6.08 Å². The molecule has 2 aromatic rings. The van der Waals surface area contributed by atoms with Gasteiger partial charge < -0.3 is 10.2 Å². The van der Waals surface area contributed by atoms with Gasteiger partial charge in [-0.25, -0.2) is 0 Å². The van der Waals surface area contributed by atoms with Crippen molar-refractivity contribution in [2.24, 2.45) is 0 Å². The number of hydrogen-bond donors (Lipinski definition) is 2. The Morgan fingerprint density at radius 3 is 2.44 bits per heavy atom. The molecule has 0 bridgehead atoms. The van der Waals surface area contributed by atoms with E-state index in [1.54, 1.807) is 30.3 Å². The van der Waals surface area contributed by atoms with E-state index in [1.807, 2.05) is 0 Å². The topological polar surface area (TPSA) is 94.9 Å². The molecule has 0 atom stereocenters. The fourth-order valence-electron chi connectivity index (χ4n) is 2.28. The van der Waals surface area contributed by atoms with Gasteiger partial charge in [0.15, 0.2) is 17.3 Å². The van der Waals surface area contributed by atoms with E-state index >= 15 is 0 Å². The quantitative estimate of drug-likeness (QED) is 0.497. The lowest BCUT2D eigenvalue weighted by Gasteiger charge is -2.11. The molecule has 0 radical (unpaired) electrons. The van der Waals surface area contributed by atoms with Gasteiger partial charge in [-0.15, -0.1) is 0 Å². The summed E-state index contributed by atoms with van der Waals surface area (Å²) in [5.74, 6) is -1.50. The zero-order chi connectivity index (χ0) is 18.0. The number of imide groups is 1. The van der Waals surface area contributed by atoms with Crippen LogP contribution < -0.4 is 0 Å². The highest BCUT2D eigenvalue weighted by Crippen LogP contribution is 2.33. The van der Waals surface area contributed by atoms with Gasteiger partial charge in [0.2, 0.25) is 0 Å². The van der Waals surface area contributed by atoms with E-state index in [-0.39, 0.29) is 28.7 Å². The highest BCUT2D eigenvalue weighted by atomic mass is 32.2. The first-order valence-corrected chi connectivity index (χ1v) is 8.13. The van der Waals surface area contributed by atoms with Gasteiger partial charge in [0.05, 0.1) is 11.4 Å². The van der Waals surface area contributed by atoms with Crippen molar-refractivity contribution in [1.82, 2.24) is 4.90 Å². The van der Waals surface area contributed by atoms with Crippen molar-refractivity contribution < 1.29 is 24.6 Å². The number of thioether (sulfide) groups is 1. The van der Waals surface area contributed by atoms with E-state index in [0.29, 0.717) is 11.1 Å². The summed E-state index contributed by atoms with van der Waals surface area (Å²) in [4.78, 5) is 37.7. The summed E-state index contributed by atoms with van der Waals surface area (Å²) in [5, 5.41) is 18.3. The fourth-order valence-corrected chi connectivity index (χ4v) is 3.12. The third-order valence-corrected chi connectivity index (χ3v) is 4.48. The zero-order valence-corrected chi connectivity index (χ0v) is 13.7. The molecule has 7 heteroatoms. The van der Waals surface area contributed by atoms with Crippen molar-refractivity contribution in [3.8, 4) is 11.5 Å². The Balaban J connectivity index is 1.79. The van der Waals surface area contributed by atoms with Crippen LogP contribution in [0.4, 0.5) is 4.79 Å². The van der Waals surface area contributed by atoms with Crippen molar-refractivity contribution in [3.63, 3.8) is 0 Å². The predicted octanol–water partition coefficient (Wildman–Crippen LogP) is 3.02. The van der Waals surface area contributed by atoms with Crippen LogP contribution in [0, 0.1) is 0 Å². The van der Waals surface area contributed by atoms with Gasteiger partial charge in [-0.2, -0.15) is 0 Å². The van der Waals surface area contributed by atoms with Crippen LogP contribution in [-0.4, -0.2) is 38.6 Å². The number of rotatable bonds is 4. The lowest BCUT2D eigenvalue weighted by Crippen LogP contribution is -2.33. The Hall–Kier alpha value is -3.06. The molecule has 0 saturated carbocycles. The second-order valence-electron chi connectivity index (χ2n) is 5.31. The van der Waals surface area contributed by atoms with Crippen LogP contribution in [0.3, 0.4) is 0 Å². The summed E-state index contributed by atoms with van der Waals surface area (Å²) < 4.78 is 0. The molecule has 2 amide bonds. The number of amides is 2. The van der Waals surface area contributed by atoms with Gasteiger partial charge in [0.1, 0.15) is 0 Å². The number of hydrogen-bond acceptors (Lipinski definition) is 6. The van der Waals surface area contributed by atoms with Gasteiger partial charge in [-0.1, -0.05) is 36.4 Å². The largest absolute Gasteiger partial charge is 0.504 e. The summed E-state index contributed by atoms with van der Waals surface area (Å²) >= 11 is 0.726. The third kappa shape index (κ3) is 3.56. The minimum atomic E-state index is -0.563. The smallest absolute Gasteiger partial charge is 0.293 e. The minimum absolute atomic E-state index is 0.149. The van der Waals surface area contributed by atoms with Crippen LogP contribution in [0.5, 0.6) is 11.5 Å². The Labute approximate surface area is 147 Å². The standard InChI is InChI=1S/C18H13NO5S/c20-13-7-6-11(8-14(13)21)9-16-17(23)19(18(24)25-16)10-15(22)12-4-2-1-3-5-12/h1-9,20-21H,10H2/b16-9+. The van der Waals surface area contributed by atoms with E-state index < -0.39 is 11.1 Å². The Bertz CT molecular complexity index is 892. The fraction of sp³-hybridized carbons (Fsp3) is 0.0556. The van der Waals surface area contributed by atoms with Crippen LogP contribution in [0.15, 0.2) is 53.4 Å². The molecule has 0 unspecified atom stereocenters. The number of Topliss-reactive ketones (excluding diaryl/α,β-unsaturated/α-hetero) is 1. The molecule has 0 aromatic heterocycles. The van der Waals surface area contributed by atoms with Gasteiger partial charge in [0.25, 0.3) is 11.1 Å². The third-order valence-electron chi connectivity index (χ3n) is 3.57. The number of nitrogens with zero attached hydrogens (tertiary/aromatic N) is 1. The summed E-state index contributed by atoms with van der Waals surface area (Å²) in [6, 6.07) is 12.5. The molecule has 3 rings (SSSR count). The molecule has 0 aliphatic carbocycles. The van der Waals surface area contributed by atoms with Crippen LogP contribution >= 0.6 is 11.8 Å². The zero-order valence-electron chi connectivity index (χ0n) is 12.9. The first-order chi connectivity index (χ1) is 12.0. The SMILES string of the molecule is O=C(CN1C(=O)S/C(=C/c2ccc(O)c(O)c2)C1=O)c1ccccc1.